The summed E-state index contributed by atoms with van der Waals surface area (Å²) >= 11 is 3.20. The van der Waals surface area contributed by atoms with Crippen molar-refractivity contribution >= 4 is 33.2 Å². The van der Waals surface area contributed by atoms with Crippen LogP contribution in [0.1, 0.15) is 21.5 Å². The van der Waals surface area contributed by atoms with Gasteiger partial charge in [0.25, 0.3) is 11.6 Å². The van der Waals surface area contributed by atoms with Gasteiger partial charge >= 0.3 is 0 Å². The topological polar surface area (TPSA) is 85.1 Å². The number of nitro groups is 1. The monoisotopic (exact) mass is 349 g/mol. The number of benzene rings is 1. The molecule has 0 aliphatic carbocycles. The predicted octanol–water partition coefficient (Wildman–Crippen LogP) is 3.62. The highest BCUT2D eigenvalue weighted by Crippen LogP contribution is 2.26. The third-order valence-corrected chi connectivity index (χ3v) is 3.41. The van der Waals surface area contributed by atoms with Crippen LogP contribution in [0.4, 0.5) is 11.4 Å². The molecule has 0 bridgehead atoms. The number of hydrogen-bond donors (Lipinski definition) is 1. The minimum Gasteiger partial charge on any atom is -0.322 e. The van der Waals surface area contributed by atoms with Gasteiger partial charge in [0.2, 0.25) is 0 Å². The van der Waals surface area contributed by atoms with E-state index in [0.29, 0.717) is 27.0 Å². The Labute approximate surface area is 129 Å². The zero-order chi connectivity index (χ0) is 15.6. The fourth-order valence-electron chi connectivity index (χ4n) is 1.87. The lowest BCUT2D eigenvalue weighted by Gasteiger charge is -2.10. The van der Waals surface area contributed by atoms with Crippen molar-refractivity contribution in [2.24, 2.45) is 0 Å². The van der Waals surface area contributed by atoms with Crippen molar-refractivity contribution in [3.8, 4) is 0 Å². The molecule has 0 fully saturated rings. The summed E-state index contributed by atoms with van der Waals surface area (Å²) in [5.41, 5.74) is 2.17. The SMILES string of the molecule is Cc1cc([N+](=O)[O-])c(C)cc1NC(=O)c1ccnc(Br)c1. The number of anilines is 1. The van der Waals surface area contributed by atoms with Gasteiger partial charge in [-0.15, -0.1) is 0 Å². The Morgan fingerprint density at radius 1 is 1.29 bits per heavy atom. The Morgan fingerprint density at radius 3 is 2.62 bits per heavy atom. The van der Waals surface area contributed by atoms with Gasteiger partial charge in [0.1, 0.15) is 4.60 Å². The molecule has 2 rings (SSSR count). The molecule has 1 amide bonds. The first kappa shape index (κ1) is 15.1. The second-order valence-electron chi connectivity index (χ2n) is 4.53. The number of halogens is 1. The van der Waals surface area contributed by atoms with E-state index in [-0.39, 0.29) is 11.6 Å². The van der Waals surface area contributed by atoms with Crippen LogP contribution in [-0.4, -0.2) is 15.8 Å². The summed E-state index contributed by atoms with van der Waals surface area (Å²) in [5.74, 6) is -0.297. The quantitative estimate of drug-likeness (QED) is 0.520. The maximum Gasteiger partial charge on any atom is 0.272 e. The molecule has 0 unspecified atom stereocenters. The van der Waals surface area contributed by atoms with Crippen LogP contribution in [0.5, 0.6) is 0 Å². The van der Waals surface area contributed by atoms with Crippen LogP contribution in [0, 0.1) is 24.0 Å². The lowest BCUT2D eigenvalue weighted by atomic mass is 10.1. The molecule has 108 valence electrons. The molecule has 0 saturated carbocycles. The molecule has 1 N–H and O–H groups in total. The number of rotatable bonds is 3. The highest BCUT2D eigenvalue weighted by Gasteiger charge is 2.15. The third-order valence-electron chi connectivity index (χ3n) is 2.98. The molecule has 1 aromatic carbocycles. The van der Waals surface area contributed by atoms with Crippen molar-refractivity contribution in [1.82, 2.24) is 4.98 Å². The number of amides is 1. The Bertz CT molecular complexity index is 731. The molecular formula is C14H12BrN3O3. The van der Waals surface area contributed by atoms with Crippen molar-refractivity contribution in [2.45, 2.75) is 13.8 Å². The average molecular weight is 350 g/mol. The summed E-state index contributed by atoms with van der Waals surface area (Å²) in [7, 11) is 0. The summed E-state index contributed by atoms with van der Waals surface area (Å²) in [6.07, 6.45) is 1.52. The van der Waals surface area contributed by atoms with Crippen LogP contribution in [-0.2, 0) is 0 Å². The first-order chi connectivity index (χ1) is 9.88. The second kappa shape index (κ2) is 6.01. The smallest absolute Gasteiger partial charge is 0.272 e. The molecule has 0 spiro atoms. The lowest BCUT2D eigenvalue weighted by molar-refractivity contribution is -0.385. The molecule has 0 aliphatic rings. The first-order valence-corrected chi connectivity index (χ1v) is 6.86. The third kappa shape index (κ3) is 3.43. The molecule has 21 heavy (non-hydrogen) atoms. The van der Waals surface area contributed by atoms with E-state index in [2.05, 4.69) is 26.2 Å². The Morgan fingerprint density at radius 2 is 2.00 bits per heavy atom. The summed E-state index contributed by atoms with van der Waals surface area (Å²) in [5, 5.41) is 13.6. The van der Waals surface area contributed by atoms with Crippen molar-refractivity contribution in [2.75, 3.05) is 5.32 Å². The molecule has 0 radical (unpaired) electrons. The largest absolute Gasteiger partial charge is 0.322 e. The Kier molecular flexibility index (Phi) is 4.32. The fourth-order valence-corrected chi connectivity index (χ4v) is 2.24. The number of nitrogens with zero attached hydrogens (tertiary/aromatic N) is 2. The summed E-state index contributed by atoms with van der Waals surface area (Å²) in [6.45, 7) is 3.35. The molecule has 1 aromatic heterocycles. The van der Waals surface area contributed by atoms with Gasteiger partial charge in [0.05, 0.1) is 4.92 Å². The van der Waals surface area contributed by atoms with Crippen LogP contribution in [0.3, 0.4) is 0 Å². The number of nitro benzene ring substituents is 1. The van der Waals surface area contributed by atoms with Crippen molar-refractivity contribution in [3.63, 3.8) is 0 Å². The molecule has 0 saturated heterocycles. The number of carbonyl (C=O) groups excluding carboxylic acids is 1. The number of hydrogen-bond acceptors (Lipinski definition) is 4. The second-order valence-corrected chi connectivity index (χ2v) is 5.34. The van der Waals surface area contributed by atoms with Gasteiger partial charge in [-0.25, -0.2) is 4.98 Å². The van der Waals surface area contributed by atoms with E-state index in [9.17, 15) is 14.9 Å². The lowest BCUT2D eigenvalue weighted by Crippen LogP contribution is -2.13. The van der Waals surface area contributed by atoms with Gasteiger partial charge < -0.3 is 5.32 Å². The van der Waals surface area contributed by atoms with E-state index in [1.165, 1.54) is 12.3 Å². The molecule has 7 heteroatoms. The fraction of sp³-hybridized carbons (Fsp3) is 0.143. The maximum atomic E-state index is 12.2. The van der Waals surface area contributed by atoms with Crippen molar-refractivity contribution in [3.05, 3.63) is 61.9 Å². The van der Waals surface area contributed by atoms with E-state index in [1.807, 2.05) is 0 Å². The van der Waals surface area contributed by atoms with Gasteiger partial charge in [0.15, 0.2) is 0 Å². The van der Waals surface area contributed by atoms with Gasteiger partial charge in [-0.2, -0.15) is 0 Å². The minimum atomic E-state index is -0.437. The summed E-state index contributed by atoms with van der Waals surface area (Å²) in [4.78, 5) is 26.5. The van der Waals surface area contributed by atoms with E-state index < -0.39 is 4.92 Å². The highest BCUT2D eigenvalue weighted by atomic mass is 79.9. The van der Waals surface area contributed by atoms with Gasteiger partial charge in [-0.3, -0.25) is 14.9 Å². The number of aryl methyl sites for hydroxylation is 2. The first-order valence-electron chi connectivity index (χ1n) is 6.07. The number of nitrogens with one attached hydrogen (secondary N) is 1. The van der Waals surface area contributed by atoms with Gasteiger partial charge in [0, 0.05) is 29.1 Å². The number of carbonyl (C=O) groups is 1. The van der Waals surface area contributed by atoms with Crippen LogP contribution in [0.25, 0.3) is 0 Å². The highest BCUT2D eigenvalue weighted by molar-refractivity contribution is 9.10. The molecule has 0 aliphatic heterocycles. The molecular weight excluding hydrogens is 338 g/mol. The van der Waals surface area contributed by atoms with Gasteiger partial charge in [-0.05, 0) is 53.5 Å². The van der Waals surface area contributed by atoms with Crippen LogP contribution in [0.2, 0.25) is 0 Å². The molecule has 2 aromatic rings. The number of pyridine rings is 1. The summed E-state index contributed by atoms with van der Waals surface area (Å²) in [6, 6.07) is 6.24. The zero-order valence-electron chi connectivity index (χ0n) is 11.4. The Balaban J connectivity index is 2.30. The van der Waals surface area contributed by atoms with Crippen LogP contribution < -0.4 is 5.32 Å². The van der Waals surface area contributed by atoms with E-state index in [4.69, 9.17) is 0 Å². The Hall–Kier alpha value is -2.28. The average Bonchev–Trinajstić information content (AvgIpc) is 2.42. The van der Waals surface area contributed by atoms with Crippen molar-refractivity contribution in [1.29, 1.82) is 0 Å². The molecule has 6 nitrogen and oxygen atoms in total. The van der Waals surface area contributed by atoms with E-state index >= 15 is 0 Å². The van der Waals surface area contributed by atoms with Crippen LogP contribution >= 0.6 is 15.9 Å². The van der Waals surface area contributed by atoms with E-state index in [0.717, 1.165) is 0 Å². The molecule has 1 heterocycles. The maximum absolute atomic E-state index is 12.2. The predicted molar refractivity (Wildman–Crippen MR) is 82.5 cm³/mol. The van der Waals surface area contributed by atoms with Crippen LogP contribution in [0.15, 0.2) is 35.1 Å². The minimum absolute atomic E-state index is 0.0390. The van der Waals surface area contributed by atoms with Gasteiger partial charge in [-0.1, -0.05) is 0 Å². The summed E-state index contributed by atoms with van der Waals surface area (Å²) < 4.78 is 0.562. The number of aromatic nitrogens is 1. The normalized spacial score (nSPS) is 10.2. The van der Waals surface area contributed by atoms with E-state index in [1.54, 1.807) is 32.0 Å². The standard InChI is InChI=1S/C14H12BrN3O3/c1-8-6-12(18(20)21)9(2)5-11(8)17-14(19)10-3-4-16-13(15)7-10/h3-7H,1-2H3,(H,17,19). The molecule has 0 atom stereocenters. The zero-order valence-corrected chi connectivity index (χ0v) is 13.0. The van der Waals surface area contributed by atoms with Crippen molar-refractivity contribution < 1.29 is 9.72 Å².